The molecule has 1 unspecified atom stereocenters. The molecule has 0 aromatic heterocycles. The zero-order valence-electron chi connectivity index (χ0n) is 13.9. The summed E-state index contributed by atoms with van der Waals surface area (Å²) in [5.74, 6) is 0. The standard InChI is InChI=1S/C17H27N3O2/c1-13(18-5)6-10-19-14-7-11-20(17(12-14)8-9-17)15(21)22-16(2,3)4/h6,10,14,19H,1,5,7-9,11-12H2,2-4H3/b10-6-. The van der Waals surface area contributed by atoms with Crippen LogP contribution in [0.2, 0.25) is 0 Å². The Hall–Kier alpha value is -1.78. The van der Waals surface area contributed by atoms with Crippen LogP contribution in [0.4, 0.5) is 4.79 Å². The van der Waals surface area contributed by atoms with Crippen LogP contribution in [0, 0.1) is 0 Å². The highest BCUT2D eigenvalue weighted by molar-refractivity contribution is 5.70. The number of piperidine rings is 1. The highest BCUT2D eigenvalue weighted by Gasteiger charge is 2.54. The van der Waals surface area contributed by atoms with E-state index in [2.05, 4.69) is 23.6 Å². The van der Waals surface area contributed by atoms with Crippen LogP contribution in [-0.4, -0.2) is 41.4 Å². The molecule has 5 heteroatoms. The zero-order chi connectivity index (χ0) is 16.4. The van der Waals surface area contributed by atoms with Gasteiger partial charge in [-0.15, -0.1) is 0 Å². The van der Waals surface area contributed by atoms with Crippen molar-refractivity contribution in [3.8, 4) is 0 Å². The van der Waals surface area contributed by atoms with Crippen molar-refractivity contribution in [2.24, 2.45) is 4.99 Å². The number of aliphatic imine (C=N–C) groups is 1. The minimum absolute atomic E-state index is 0.000213. The van der Waals surface area contributed by atoms with Crippen molar-refractivity contribution in [2.45, 2.75) is 63.6 Å². The number of likely N-dealkylation sites (tertiary alicyclic amines) is 1. The molecular formula is C17H27N3O2. The Labute approximate surface area is 133 Å². The molecule has 2 rings (SSSR count). The molecule has 1 heterocycles. The summed E-state index contributed by atoms with van der Waals surface area (Å²) in [4.78, 5) is 18.0. The molecule has 1 amide bonds. The van der Waals surface area contributed by atoms with Gasteiger partial charge in [0, 0.05) is 18.1 Å². The van der Waals surface area contributed by atoms with Crippen molar-refractivity contribution >= 4 is 12.8 Å². The van der Waals surface area contributed by atoms with E-state index in [-0.39, 0.29) is 11.6 Å². The van der Waals surface area contributed by atoms with Crippen molar-refractivity contribution in [3.05, 3.63) is 24.6 Å². The van der Waals surface area contributed by atoms with Gasteiger partial charge in [-0.1, -0.05) is 6.58 Å². The molecule has 1 saturated carbocycles. The number of amides is 1. The first kappa shape index (κ1) is 16.6. The van der Waals surface area contributed by atoms with Gasteiger partial charge in [-0.05, 0) is 65.4 Å². The van der Waals surface area contributed by atoms with E-state index in [1.807, 2.05) is 37.9 Å². The van der Waals surface area contributed by atoms with E-state index < -0.39 is 5.60 Å². The molecule has 0 aromatic rings. The second-order valence-corrected chi connectivity index (χ2v) is 7.20. The Bertz CT molecular complexity index is 487. The molecule has 1 saturated heterocycles. The lowest BCUT2D eigenvalue weighted by molar-refractivity contribution is 0.00310. The van der Waals surface area contributed by atoms with Gasteiger partial charge in [0.2, 0.25) is 0 Å². The Morgan fingerprint density at radius 1 is 1.45 bits per heavy atom. The van der Waals surface area contributed by atoms with Crippen LogP contribution < -0.4 is 5.32 Å². The molecule has 0 radical (unpaired) electrons. The van der Waals surface area contributed by atoms with Crippen molar-refractivity contribution in [1.82, 2.24) is 10.2 Å². The maximum Gasteiger partial charge on any atom is 0.410 e. The second kappa shape index (κ2) is 6.15. The van der Waals surface area contributed by atoms with Crippen molar-refractivity contribution in [3.63, 3.8) is 0 Å². The van der Waals surface area contributed by atoms with Gasteiger partial charge in [0.05, 0.1) is 5.70 Å². The van der Waals surface area contributed by atoms with Gasteiger partial charge in [0.1, 0.15) is 5.60 Å². The van der Waals surface area contributed by atoms with E-state index in [0.29, 0.717) is 11.7 Å². The third kappa shape index (κ3) is 4.12. The SMILES string of the molecule is C=NC(=C)/C=C\NC1CCN(C(=O)OC(C)(C)C)C2(CC2)C1. The quantitative estimate of drug-likeness (QED) is 0.641. The fourth-order valence-electron chi connectivity index (χ4n) is 2.89. The largest absolute Gasteiger partial charge is 0.444 e. The van der Waals surface area contributed by atoms with E-state index in [9.17, 15) is 4.79 Å². The van der Waals surface area contributed by atoms with E-state index in [0.717, 1.165) is 32.2 Å². The zero-order valence-corrected chi connectivity index (χ0v) is 13.9. The molecule has 0 aromatic carbocycles. The first-order chi connectivity index (χ1) is 10.3. The average molecular weight is 305 g/mol. The number of allylic oxidation sites excluding steroid dienone is 1. The summed E-state index contributed by atoms with van der Waals surface area (Å²) in [6, 6.07) is 0.370. The molecule has 1 aliphatic heterocycles. The lowest BCUT2D eigenvalue weighted by atomic mass is 9.95. The lowest BCUT2D eigenvalue weighted by Gasteiger charge is -2.40. The van der Waals surface area contributed by atoms with E-state index in [1.165, 1.54) is 0 Å². The van der Waals surface area contributed by atoms with Crippen molar-refractivity contribution in [1.29, 1.82) is 0 Å². The van der Waals surface area contributed by atoms with Gasteiger partial charge < -0.3 is 15.0 Å². The number of ether oxygens (including phenoxy) is 1. The van der Waals surface area contributed by atoms with Crippen molar-refractivity contribution in [2.75, 3.05) is 6.54 Å². The first-order valence-corrected chi connectivity index (χ1v) is 7.85. The third-order valence-corrected chi connectivity index (χ3v) is 4.15. The number of hydrogen-bond donors (Lipinski definition) is 1. The van der Waals surface area contributed by atoms with E-state index in [4.69, 9.17) is 4.74 Å². The van der Waals surface area contributed by atoms with Crippen LogP contribution in [-0.2, 0) is 4.74 Å². The Kier molecular flexibility index (Phi) is 4.63. The predicted octanol–water partition coefficient (Wildman–Crippen LogP) is 3.24. The van der Waals surface area contributed by atoms with Crippen molar-refractivity contribution < 1.29 is 9.53 Å². The van der Waals surface area contributed by atoms with E-state index >= 15 is 0 Å². The van der Waals surface area contributed by atoms with Gasteiger partial charge in [-0.3, -0.25) is 4.99 Å². The highest BCUT2D eigenvalue weighted by Crippen LogP contribution is 2.48. The number of hydrogen-bond acceptors (Lipinski definition) is 4. The van der Waals surface area contributed by atoms with Crippen LogP contribution in [0.5, 0.6) is 0 Å². The van der Waals surface area contributed by atoms with Gasteiger partial charge in [-0.2, -0.15) is 0 Å². The molecule has 2 fully saturated rings. The summed E-state index contributed by atoms with van der Waals surface area (Å²) in [6.45, 7) is 13.6. The molecule has 2 aliphatic rings. The summed E-state index contributed by atoms with van der Waals surface area (Å²) >= 11 is 0. The summed E-state index contributed by atoms with van der Waals surface area (Å²) in [6.07, 6.45) is 7.52. The number of carbonyl (C=O) groups excluding carboxylic acids is 1. The normalized spacial score (nSPS) is 23.4. The minimum atomic E-state index is -0.441. The molecule has 1 aliphatic carbocycles. The Morgan fingerprint density at radius 3 is 2.68 bits per heavy atom. The van der Waals surface area contributed by atoms with Crippen LogP contribution in [0.25, 0.3) is 0 Å². The third-order valence-electron chi connectivity index (χ3n) is 4.15. The molecular weight excluding hydrogens is 278 g/mol. The van der Waals surface area contributed by atoms with Crippen LogP contribution in [0.15, 0.2) is 29.5 Å². The average Bonchev–Trinajstić information content (AvgIpc) is 3.16. The fourth-order valence-corrected chi connectivity index (χ4v) is 2.89. The number of carbonyl (C=O) groups is 1. The summed E-state index contributed by atoms with van der Waals surface area (Å²) in [7, 11) is 0. The summed E-state index contributed by atoms with van der Waals surface area (Å²) in [5.41, 5.74) is 0.197. The van der Waals surface area contributed by atoms with E-state index in [1.54, 1.807) is 0 Å². The summed E-state index contributed by atoms with van der Waals surface area (Å²) in [5, 5.41) is 3.38. The minimum Gasteiger partial charge on any atom is -0.444 e. The number of rotatable bonds is 4. The lowest BCUT2D eigenvalue weighted by Crippen LogP contribution is -2.53. The molecule has 22 heavy (non-hydrogen) atoms. The molecule has 1 spiro atoms. The van der Waals surface area contributed by atoms with Crippen LogP contribution in [0.3, 0.4) is 0 Å². The summed E-state index contributed by atoms with van der Waals surface area (Å²) < 4.78 is 5.54. The molecule has 0 bridgehead atoms. The van der Waals surface area contributed by atoms with Gasteiger partial charge in [-0.25, -0.2) is 4.79 Å². The maximum absolute atomic E-state index is 12.4. The van der Waals surface area contributed by atoms with Gasteiger partial charge in [0.15, 0.2) is 0 Å². The smallest absolute Gasteiger partial charge is 0.410 e. The van der Waals surface area contributed by atoms with Gasteiger partial charge in [0.25, 0.3) is 0 Å². The Morgan fingerprint density at radius 2 is 2.14 bits per heavy atom. The highest BCUT2D eigenvalue weighted by atomic mass is 16.6. The second-order valence-electron chi connectivity index (χ2n) is 7.20. The Balaban J connectivity index is 1.91. The molecule has 122 valence electrons. The predicted molar refractivity (Wildman–Crippen MR) is 88.9 cm³/mol. The monoisotopic (exact) mass is 305 g/mol. The molecule has 5 nitrogen and oxygen atoms in total. The maximum atomic E-state index is 12.4. The topological polar surface area (TPSA) is 53.9 Å². The van der Waals surface area contributed by atoms with Crippen LogP contribution in [0.1, 0.15) is 46.5 Å². The number of nitrogens with zero attached hydrogens (tertiary/aromatic N) is 2. The fraction of sp³-hybridized carbons (Fsp3) is 0.647. The van der Waals surface area contributed by atoms with Crippen LogP contribution >= 0.6 is 0 Å². The molecule has 1 atom stereocenters. The number of nitrogens with one attached hydrogen (secondary N) is 1. The molecule has 1 N–H and O–H groups in total. The van der Waals surface area contributed by atoms with Gasteiger partial charge >= 0.3 is 6.09 Å². The first-order valence-electron chi connectivity index (χ1n) is 7.85.